The molecule has 24 heavy (non-hydrogen) atoms. The van der Waals surface area contributed by atoms with Gasteiger partial charge in [0.25, 0.3) is 0 Å². The van der Waals surface area contributed by atoms with Crippen LogP contribution in [0.1, 0.15) is 17.2 Å². The number of nitrogens with one attached hydrogen (secondary N) is 1. The Hall–Kier alpha value is -1.33. The average molecular weight is 372 g/mol. The first-order valence-corrected chi connectivity index (χ1v) is 8.02. The second kappa shape index (κ2) is 8.67. The van der Waals surface area contributed by atoms with Crippen molar-refractivity contribution < 1.29 is 13.9 Å². The first kappa shape index (κ1) is 19.0. The molecule has 1 N–H and O–H groups in total. The molecule has 0 radical (unpaired) electrons. The minimum Gasteiger partial charge on any atom is -0.481 e. The normalized spacial score (nSPS) is 18.5. The Balaban J connectivity index is 0.00000208. The van der Waals surface area contributed by atoms with Crippen molar-refractivity contribution in [2.24, 2.45) is 0 Å². The van der Waals surface area contributed by atoms with Crippen molar-refractivity contribution in [2.45, 2.75) is 19.1 Å². The predicted molar refractivity (Wildman–Crippen MR) is 95.8 cm³/mol. The SMILES string of the molecule is Cc1cccc([C@H](Oc2cc(F)ccc2Cl)[C@@H]2CNCCO2)c1.Cl. The average Bonchev–Trinajstić information content (AvgIpc) is 2.56. The number of rotatable bonds is 4. The Morgan fingerprint density at radius 2 is 2.12 bits per heavy atom. The summed E-state index contributed by atoms with van der Waals surface area (Å²) in [5.41, 5.74) is 2.12. The fourth-order valence-corrected chi connectivity index (χ4v) is 2.85. The number of hydrogen-bond donors (Lipinski definition) is 1. The van der Waals surface area contributed by atoms with Crippen LogP contribution in [0, 0.1) is 12.7 Å². The molecular formula is C18H20Cl2FNO2. The largest absolute Gasteiger partial charge is 0.481 e. The molecule has 0 aliphatic carbocycles. The van der Waals surface area contributed by atoms with Gasteiger partial charge in [0.05, 0.1) is 11.6 Å². The molecule has 0 amide bonds. The number of aryl methyl sites for hydroxylation is 1. The van der Waals surface area contributed by atoms with Gasteiger partial charge in [0.2, 0.25) is 0 Å². The maximum atomic E-state index is 13.5. The topological polar surface area (TPSA) is 30.5 Å². The summed E-state index contributed by atoms with van der Waals surface area (Å²) in [7, 11) is 0. The minimum absolute atomic E-state index is 0. The van der Waals surface area contributed by atoms with Crippen LogP contribution in [0.2, 0.25) is 5.02 Å². The summed E-state index contributed by atoms with van der Waals surface area (Å²) in [5.74, 6) is -0.0533. The van der Waals surface area contributed by atoms with Crippen LogP contribution in [0.5, 0.6) is 5.75 Å². The van der Waals surface area contributed by atoms with Crippen LogP contribution in [0.4, 0.5) is 4.39 Å². The van der Waals surface area contributed by atoms with E-state index in [1.807, 2.05) is 25.1 Å². The van der Waals surface area contributed by atoms with Gasteiger partial charge in [0, 0.05) is 19.2 Å². The van der Waals surface area contributed by atoms with Crippen molar-refractivity contribution in [3.63, 3.8) is 0 Å². The maximum absolute atomic E-state index is 13.5. The Labute approximate surface area is 152 Å². The van der Waals surface area contributed by atoms with Crippen LogP contribution in [0.3, 0.4) is 0 Å². The van der Waals surface area contributed by atoms with Gasteiger partial charge in [-0.2, -0.15) is 0 Å². The molecule has 3 nitrogen and oxygen atoms in total. The summed E-state index contributed by atoms with van der Waals surface area (Å²) in [6.45, 7) is 4.13. The van der Waals surface area contributed by atoms with Crippen LogP contribution in [-0.2, 0) is 4.74 Å². The van der Waals surface area contributed by atoms with E-state index in [0.717, 1.165) is 17.7 Å². The molecule has 1 fully saturated rings. The zero-order valence-corrected chi connectivity index (χ0v) is 14.9. The monoisotopic (exact) mass is 371 g/mol. The number of hydrogen-bond acceptors (Lipinski definition) is 3. The highest BCUT2D eigenvalue weighted by Gasteiger charge is 2.28. The summed E-state index contributed by atoms with van der Waals surface area (Å²) in [6.07, 6.45) is -0.521. The molecule has 130 valence electrons. The van der Waals surface area contributed by atoms with Crippen molar-refractivity contribution in [2.75, 3.05) is 19.7 Å². The highest BCUT2D eigenvalue weighted by Crippen LogP contribution is 2.32. The third kappa shape index (κ3) is 4.61. The third-order valence-electron chi connectivity index (χ3n) is 3.81. The summed E-state index contributed by atoms with van der Waals surface area (Å²) >= 11 is 6.15. The van der Waals surface area contributed by atoms with E-state index < -0.39 is 0 Å². The summed E-state index contributed by atoms with van der Waals surface area (Å²) in [4.78, 5) is 0. The highest BCUT2D eigenvalue weighted by molar-refractivity contribution is 6.32. The van der Waals surface area contributed by atoms with Crippen LogP contribution in [-0.4, -0.2) is 25.8 Å². The molecule has 0 unspecified atom stereocenters. The second-order valence-corrected chi connectivity index (χ2v) is 6.05. The van der Waals surface area contributed by atoms with Gasteiger partial charge in [-0.3, -0.25) is 0 Å². The number of morpholine rings is 1. The van der Waals surface area contributed by atoms with Gasteiger partial charge in [-0.15, -0.1) is 12.4 Å². The van der Waals surface area contributed by atoms with E-state index in [0.29, 0.717) is 23.9 Å². The first-order valence-electron chi connectivity index (χ1n) is 7.64. The predicted octanol–water partition coefficient (Wildman–Crippen LogP) is 4.32. The molecule has 1 aliphatic rings. The van der Waals surface area contributed by atoms with Gasteiger partial charge < -0.3 is 14.8 Å². The number of halogens is 3. The zero-order chi connectivity index (χ0) is 16.2. The molecule has 1 aliphatic heterocycles. The van der Waals surface area contributed by atoms with Gasteiger partial charge in [0.15, 0.2) is 6.10 Å². The van der Waals surface area contributed by atoms with Gasteiger partial charge >= 0.3 is 0 Å². The summed E-state index contributed by atoms with van der Waals surface area (Å²) in [6, 6.07) is 12.2. The molecule has 2 aromatic rings. The number of ether oxygens (including phenoxy) is 2. The maximum Gasteiger partial charge on any atom is 0.151 e. The van der Waals surface area contributed by atoms with Crippen LogP contribution in [0.15, 0.2) is 42.5 Å². The van der Waals surface area contributed by atoms with E-state index in [-0.39, 0.29) is 30.4 Å². The highest BCUT2D eigenvalue weighted by atomic mass is 35.5. The van der Waals surface area contributed by atoms with Crippen molar-refractivity contribution in [1.29, 1.82) is 0 Å². The fraction of sp³-hybridized carbons (Fsp3) is 0.333. The van der Waals surface area contributed by atoms with Gasteiger partial charge in [-0.1, -0.05) is 41.4 Å². The fourth-order valence-electron chi connectivity index (χ4n) is 2.69. The lowest BCUT2D eigenvalue weighted by molar-refractivity contribution is -0.0433. The van der Waals surface area contributed by atoms with E-state index in [1.165, 1.54) is 18.2 Å². The van der Waals surface area contributed by atoms with Gasteiger partial charge in [-0.05, 0) is 24.6 Å². The van der Waals surface area contributed by atoms with E-state index in [2.05, 4.69) is 11.4 Å². The molecular weight excluding hydrogens is 352 g/mol. The van der Waals surface area contributed by atoms with Gasteiger partial charge in [-0.25, -0.2) is 4.39 Å². The minimum atomic E-state index is -0.380. The van der Waals surface area contributed by atoms with E-state index in [9.17, 15) is 4.39 Å². The molecule has 1 heterocycles. The van der Waals surface area contributed by atoms with Gasteiger partial charge in [0.1, 0.15) is 17.7 Å². The Morgan fingerprint density at radius 3 is 2.83 bits per heavy atom. The molecule has 0 spiro atoms. The molecule has 2 aromatic carbocycles. The molecule has 1 saturated heterocycles. The van der Waals surface area contributed by atoms with Crippen LogP contribution >= 0.6 is 24.0 Å². The Morgan fingerprint density at radius 1 is 1.29 bits per heavy atom. The standard InChI is InChI=1S/C18H19ClFNO2.ClH/c1-12-3-2-4-13(9-12)18(17-11-21-7-8-22-17)23-16-10-14(20)5-6-15(16)19;/h2-6,9-10,17-18,21H,7-8,11H2,1H3;1H/t17-,18-;/m0./s1. The van der Waals surface area contributed by atoms with Crippen molar-refractivity contribution in [1.82, 2.24) is 5.32 Å². The van der Waals surface area contributed by atoms with E-state index in [1.54, 1.807) is 0 Å². The lowest BCUT2D eigenvalue weighted by Crippen LogP contribution is -2.43. The Kier molecular flexibility index (Phi) is 6.87. The molecule has 2 atom stereocenters. The van der Waals surface area contributed by atoms with Crippen LogP contribution < -0.4 is 10.1 Å². The quantitative estimate of drug-likeness (QED) is 0.867. The Bertz CT molecular complexity index is 678. The van der Waals surface area contributed by atoms with Crippen molar-refractivity contribution in [3.8, 4) is 5.75 Å². The molecule has 0 bridgehead atoms. The third-order valence-corrected chi connectivity index (χ3v) is 4.12. The molecule has 6 heteroatoms. The smallest absolute Gasteiger partial charge is 0.151 e. The van der Waals surface area contributed by atoms with Crippen molar-refractivity contribution >= 4 is 24.0 Å². The van der Waals surface area contributed by atoms with Crippen molar-refractivity contribution in [3.05, 3.63) is 64.4 Å². The lowest BCUT2D eigenvalue weighted by atomic mass is 10.0. The summed E-state index contributed by atoms with van der Waals surface area (Å²) < 4.78 is 25.4. The van der Waals surface area contributed by atoms with Crippen LogP contribution in [0.25, 0.3) is 0 Å². The number of benzene rings is 2. The lowest BCUT2D eigenvalue weighted by Gasteiger charge is -2.32. The first-order chi connectivity index (χ1) is 11.1. The molecule has 3 rings (SSSR count). The second-order valence-electron chi connectivity index (χ2n) is 5.64. The summed E-state index contributed by atoms with van der Waals surface area (Å²) in [5, 5.41) is 3.68. The zero-order valence-electron chi connectivity index (χ0n) is 13.3. The molecule has 0 aromatic heterocycles. The van der Waals surface area contributed by atoms with E-state index in [4.69, 9.17) is 21.1 Å². The molecule has 0 saturated carbocycles. The van der Waals surface area contributed by atoms with E-state index >= 15 is 0 Å².